The first-order valence-corrected chi connectivity index (χ1v) is 8.37. The zero-order valence-corrected chi connectivity index (χ0v) is 13.5. The van der Waals surface area contributed by atoms with E-state index in [4.69, 9.17) is 0 Å². The quantitative estimate of drug-likeness (QED) is 0.761. The van der Waals surface area contributed by atoms with Crippen LogP contribution in [0.15, 0.2) is 45.8 Å². The molecule has 1 heterocycles. The normalized spacial score (nSPS) is 17.6. The standard InChI is InChI=1S/C16H15BrFNS/c1-10-9-11(5-6-13(10)17)19-15-7-8-20-16-12(15)3-2-4-14(16)18/h2-6,9,15,19H,7-8H2,1H3. The maximum atomic E-state index is 13.8. The number of hydrogen-bond acceptors (Lipinski definition) is 2. The van der Waals surface area contributed by atoms with Crippen molar-refractivity contribution >= 4 is 33.4 Å². The van der Waals surface area contributed by atoms with Crippen LogP contribution in [0.25, 0.3) is 0 Å². The summed E-state index contributed by atoms with van der Waals surface area (Å²) in [6.45, 7) is 2.07. The van der Waals surface area contributed by atoms with Crippen LogP contribution in [0.1, 0.15) is 23.6 Å². The molecular weight excluding hydrogens is 337 g/mol. The van der Waals surface area contributed by atoms with Gasteiger partial charge in [0, 0.05) is 20.8 Å². The molecule has 1 nitrogen and oxygen atoms in total. The molecule has 0 aromatic heterocycles. The fourth-order valence-corrected chi connectivity index (χ4v) is 3.86. The monoisotopic (exact) mass is 351 g/mol. The molecule has 2 aromatic rings. The third-order valence-electron chi connectivity index (χ3n) is 3.52. The lowest BCUT2D eigenvalue weighted by Gasteiger charge is -2.27. The van der Waals surface area contributed by atoms with E-state index < -0.39 is 0 Å². The zero-order valence-electron chi connectivity index (χ0n) is 11.1. The van der Waals surface area contributed by atoms with Gasteiger partial charge in [0.2, 0.25) is 0 Å². The van der Waals surface area contributed by atoms with Crippen LogP contribution in [0.2, 0.25) is 0 Å². The summed E-state index contributed by atoms with van der Waals surface area (Å²) in [5.41, 5.74) is 3.35. The van der Waals surface area contributed by atoms with E-state index in [9.17, 15) is 4.39 Å². The highest BCUT2D eigenvalue weighted by molar-refractivity contribution is 9.10. The number of thioether (sulfide) groups is 1. The Balaban J connectivity index is 1.89. The van der Waals surface area contributed by atoms with Crippen LogP contribution in [-0.4, -0.2) is 5.75 Å². The molecule has 0 radical (unpaired) electrons. The molecule has 4 heteroatoms. The zero-order chi connectivity index (χ0) is 14.1. The van der Waals surface area contributed by atoms with Gasteiger partial charge in [0.1, 0.15) is 5.82 Å². The van der Waals surface area contributed by atoms with Crippen molar-refractivity contribution in [3.8, 4) is 0 Å². The van der Waals surface area contributed by atoms with Gasteiger partial charge in [-0.1, -0.05) is 28.1 Å². The van der Waals surface area contributed by atoms with Gasteiger partial charge in [-0.05, 0) is 48.7 Å². The van der Waals surface area contributed by atoms with Crippen LogP contribution in [0, 0.1) is 12.7 Å². The fourth-order valence-electron chi connectivity index (χ4n) is 2.47. The van der Waals surface area contributed by atoms with Crippen molar-refractivity contribution in [2.45, 2.75) is 24.3 Å². The largest absolute Gasteiger partial charge is 0.378 e. The van der Waals surface area contributed by atoms with E-state index in [0.717, 1.165) is 32.8 Å². The van der Waals surface area contributed by atoms with Crippen LogP contribution in [0.3, 0.4) is 0 Å². The Hall–Kier alpha value is -1.00. The van der Waals surface area contributed by atoms with Crippen LogP contribution in [0.5, 0.6) is 0 Å². The molecule has 0 amide bonds. The molecule has 1 aliphatic rings. The molecule has 1 unspecified atom stereocenters. The van der Waals surface area contributed by atoms with Crippen LogP contribution < -0.4 is 5.32 Å². The number of hydrogen-bond donors (Lipinski definition) is 1. The molecule has 0 spiro atoms. The Morgan fingerprint density at radius 2 is 2.15 bits per heavy atom. The second-order valence-corrected chi connectivity index (χ2v) is 6.92. The smallest absolute Gasteiger partial charge is 0.137 e. The Morgan fingerprint density at radius 1 is 1.30 bits per heavy atom. The van der Waals surface area contributed by atoms with Crippen molar-refractivity contribution in [2.24, 2.45) is 0 Å². The highest BCUT2D eigenvalue weighted by Gasteiger charge is 2.22. The van der Waals surface area contributed by atoms with Gasteiger partial charge in [-0.15, -0.1) is 11.8 Å². The summed E-state index contributed by atoms with van der Waals surface area (Å²) in [4.78, 5) is 0.796. The number of aryl methyl sites for hydroxylation is 1. The van der Waals surface area contributed by atoms with E-state index >= 15 is 0 Å². The summed E-state index contributed by atoms with van der Waals surface area (Å²) in [7, 11) is 0. The number of halogens is 2. The minimum atomic E-state index is -0.106. The minimum absolute atomic E-state index is 0.106. The second-order valence-electron chi connectivity index (χ2n) is 4.96. The summed E-state index contributed by atoms with van der Waals surface area (Å²) >= 11 is 5.12. The molecule has 104 valence electrons. The predicted molar refractivity (Wildman–Crippen MR) is 87.0 cm³/mol. The van der Waals surface area contributed by atoms with E-state index in [1.807, 2.05) is 12.1 Å². The van der Waals surface area contributed by atoms with Crippen molar-refractivity contribution in [1.82, 2.24) is 0 Å². The molecule has 0 saturated carbocycles. The van der Waals surface area contributed by atoms with Crippen molar-refractivity contribution in [3.05, 3.63) is 57.8 Å². The van der Waals surface area contributed by atoms with Gasteiger partial charge in [0.25, 0.3) is 0 Å². The average Bonchev–Trinajstić information content (AvgIpc) is 2.44. The lowest BCUT2D eigenvalue weighted by atomic mass is 10.0. The lowest BCUT2D eigenvalue weighted by molar-refractivity contribution is 0.585. The SMILES string of the molecule is Cc1cc(NC2CCSc3c(F)cccc32)ccc1Br. The Bertz CT molecular complexity index is 644. The Morgan fingerprint density at radius 3 is 2.95 bits per heavy atom. The van der Waals surface area contributed by atoms with Crippen molar-refractivity contribution in [2.75, 3.05) is 11.1 Å². The molecule has 1 N–H and O–H groups in total. The molecular formula is C16H15BrFNS. The average molecular weight is 352 g/mol. The predicted octanol–water partition coefficient (Wildman–Crippen LogP) is 5.55. The van der Waals surface area contributed by atoms with E-state index in [-0.39, 0.29) is 11.9 Å². The first-order valence-electron chi connectivity index (χ1n) is 6.59. The Labute approximate surface area is 131 Å². The number of anilines is 1. The minimum Gasteiger partial charge on any atom is -0.378 e. The third kappa shape index (κ3) is 2.72. The van der Waals surface area contributed by atoms with Gasteiger partial charge < -0.3 is 5.32 Å². The fraction of sp³-hybridized carbons (Fsp3) is 0.250. The molecule has 0 aliphatic carbocycles. The molecule has 0 saturated heterocycles. The summed E-state index contributed by atoms with van der Waals surface area (Å²) < 4.78 is 15.0. The molecule has 0 bridgehead atoms. The van der Waals surface area contributed by atoms with Crippen LogP contribution >= 0.6 is 27.7 Å². The molecule has 1 aliphatic heterocycles. The second kappa shape index (κ2) is 5.78. The molecule has 3 rings (SSSR count). The molecule has 1 atom stereocenters. The number of fused-ring (bicyclic) bond motifs is 1. The van der Waals surface area contributed by atoms with E-state index in [1.54, 1.807) is 17.8 Å². The maximum Gasteiger partial charge on any atom is 0.137 e. The Kier molecular flexibility index (Phi) is 4.03. The first-order chi connectivity index (χ1) is 9.65. The van der Waals surface area contributed by atoms with Gasteiger partial charge in [-0.2, -0.15) is 0 Å². The van der Waals surface area contributed by atoms with Gasteiger partial charge in [-0.3, -0.25) is 0 Å². The van der Waals surface area contributed by atoms with Crippen molar-refractivity contribution in [1.29, 1.82) is 0 Å². The van der Waals surface area contributed by atoms with Gasteiger partial charge in [0.05, 0.1) is 6.04 Å². The van der Waals surface area contributed by atoms with Gasteiger partial charge in [-0.25, -0.2) is 4.39 Å². The highest BCUT2D eigenvalue weighted by Crippen LogP contribution is 2.39. The highest BCUT2D eigenvalue weighted by atomic mass is 79.9. The van der Waals surface area contributed by atoms with E-state index in [2.05, 4.69) is 40.3 Å². The summed E-state index contributed by atoms with van der Waals surface area (Å²) in [5.74, 6) is 0.840. The number of rotatable bonds is 2. The van der Waals surface area contributed by atoms with Gasteiger partial charge >= 0.3 is 0 Å². The van der Waals surface area contributed by atoms with E-state index in [0.29, 0.717) is 0 Å². The van der Waals surface area contributed by atoms with E-state index in [1.165, 1.54) is 11.6 Å². The summed E-state index contributed by atoms with van der Waals surface area (Å²) in [6.07, 6.45) is 1.01. The summed E-state index contributed by atoms with van der Waals surface area (Å²) in [5, 5.41) is 3.53. The van der Waals surface area contributed by atoms with Gasteiger partial charge in [0.15, 0.2) is 0 Å². The summed E-state index contributed by atoms with van der Waals surface area (Å²) in [6, 6.07) is 11.8. The lowest BCUT2D eigenvalue weighted by Crippen LogP contribution is -2.16. The maximum absolute atomic E-state index is 13.8. The number of nitrogens with one attached hydrogen (secondary N) is 1. The third-order valence-corrected chi connectivity index (χ3v) is 5.57. The topological polar surface area (TPSA) is 12.0 Å². The molecule has 2 aromatic carbocycles. The van der Waals surface area contributed by atoms with Crippen LogP contribution in [-0.2, 0) is 0 Å². The molecule has 0 fully saturated rings. The number of benzene rings is 2. The molecule has 20 heavy (non-hydrogen) atoms. The van der Waals surface area contributed by atoms with Crippen molar-refractivity contribution < 1.29 is 4.39 Å². The van der Waals surface area contributed by atoms with Crippen LogP contribution in [0.4, 0.5) is 10.1 Å². The first kappa shape index (κ1) is 14.0. The van der Waals surface area contributed by atoms with Crippen molar-refractivity contribution in [3.63, 3.8) is 0 Å².